The molecule has 5 rings (SSSR count). The van der Waals surface area contributed by atoms with E-state index in [9.17, 15) is 9.59 Å². The average Bonchev–Trinajstić information content (AvgIpc) is 3.56. The van der Waals surface area contributed by atoms with Gasteiger partial charge in [-0.1, -0.05) is 51.1 Å². The Labute approximate surface area is 208 Å². The van der Waals surface area contributed by atoms with Crippen LogP contribution in [0.3, 0.4) is 0 Å². The van der Waals surface area contributed by atoms with E-state index < -0.39 is 23.4 Å². The van der Waals surface area contributed by atoms with Crippen LogP contribution in [-0.4, -0.2) is 48.1 Å². The van der Waals surface area contributed by atoms with E-state index in [1.165, 1.54) is 6.08 Å². The standard InChI is InChI=1S/C29H38O6/c1-18(2)29-17-23(33-27(31)22-11-8-16-32-22)28(4,35-29)21-14-12-19(3)25(21)26(29)34-24(30)15-13-20-9-6-5-7-10-20/h5-7,9-10,13,15,18-19,21-23,25-26H,8,11-12,14,16-17H2,1-4H3/t19-,21-,22?,23-,25-,26+,28?,29-/m1/s1. The van der Waals surface area contributed by atoms with E-state index in [4.69, 9.17) is 18.9 Å². The largest absolute Gasteiger partial charge is 0.457 e. The lowest BCUT2D eigenvalue weighted by molar-refractivity contribution is -0.265. The normalized spacial score (nSPS) is 40.3. The second kappa shape index (κ2) is 9.36. The number of fused-ring (bicyclic) bond motifs is 4. The fourth-order valence-corrected chi connectivity index (χ4v) is 7.12. The Morgan fingerprint density at radius 2 is 1.89 bits per heavy atom. The first-order valence-corrected chi connectivity index (χ1v) is 13.2. The monoisotopic (exact) mass is 482 g/mol. The van der Waals surface area contributed by atoms with Crippen molar-refractivity contribution < 1.29 is 28.5 Å². The van der Waals surface area contributed by atoms with E-state index in [1.54, 1.807) is 6.08 Å². The maximum atomic E-state index is 13.1. The molecule has 4 aliphatic rings. The zero-order chi connectivity index (χ0) is 24.8. The van der Waals surface area contributed by atoms with Crippen LogP contribution in [0.1, 0.15) is 65.4 Å². The summed E-state index contributed by atoms with van der Waals surface area (Å²) in [6.45, 7) is 9.19. The summed E-state index contributed by atoms with van der Waals surface area (Å²) in [4.78, 5) is 26.0. The Kier molecular flexibility index (Phi) is 6.56. The van der Waals surface area contributed by atoms with Gasteiger partial charge in [-0.3, -0.25) is 0 Å². The van der Waals surface area contributed by atoms with Crippen LogP contribution in [0.25, 0.3) is 6.08 Å². The maximum absolute atomic E-state index is 13.1. The number of ether oxygens (including phenoxy) is 4. The second-order valence-corrected chi connectivity index (χ2v) is 11.4. The van der Waals surface area contributed by atoms with Gasteiger partial charge in [-0.05, 0) is 62.0 Å². The summed E-state index contributed by atoms with van der Waals surface area (Å²) in [5, 5.41) is 0. The molecule has 35 heavy (non-hydrogen) atoms. The van der Waals surface area contributed by atoms with Crippen LogP contribution in [-0.2, 0) is 28.5 Å². The molecule has 3 heterocycles. The highest BCUT2D eigenvalue weighted by Gasteiger charge is 2.72. The maximum Gasteiger partial charge on any atom is 0.335 e. The van der Waals surface area contributed by atoms with Crippen molar-refractivity contribution in [2.75, 3.05) is 6.61 Å². The molecule has 6 heteroatoms. The summed E-state index contributed by atoms with van der Waals surface area (Å²) in [5.41, 5.74) is -0.354. The summed E-state index contributed by atoms with van der Waals surface area (Å²) >= 11 is 0. The lowest BCUT2D eigenvalue weighted by Crippen LogP contribution is -2.62. The Morgan fingerprint density at radius 3 is 2.57 bits per heavy atom. The van der Waals surface area contributed by atoms with Gasteiger partial charge in [0.05, 0.1) is 0 Å². The van der Waals surface area contributed by atoms with E-state index in [0.717, 1.165) is 24.8 Å². The molecule has 0 N–H and O–H groups in total. The predicted molar refractivity (Wildman–Crippen MR) is 131 cm³/mol. The van der Waals surface area contributed by atoms with Crippen LogP contribution >= 0.6 is 0 Å². The zero-order valence-corrected chi connectivity index (χ0v) is 21.3. The quantitative estimate of drug-likeness (QED) is 0.422. The van der Waals surface area contributed by atoms with Crippen molar-refractivity contribution in [3.8, 4) is 0 Å². The molecule has 3 saturated heterocycles. The zero-order valence-electron chi connectivity index (χ0n) is 21.3. The van der Waals surface area contributed by atoms with Crippen molar-refractivity contribution in [2.45, 2.75) is 89.3 Å². The van der Waals surface area contributed by atoms with Gasteiger partial charge in [0.2, 0.25) is 0 Å². The highest BCUT2D eigenvalue weighted by atomic mass is 16.6. The Bertz CT molecular complexity index is 967. The number of carbonyl (C=O) groups excluding carboxylic acids is 2. The minimum Gasteiger partial charge on any atom is -0.457 e. The molecule has 0 aromatic heterocycles. The van der Waals surface area contributed by atoms with Crippen molar-refractivity contribution in [1.82, 2.24) is 0 Å². The molecular weight excluding hydrogens is 444 g/mol. The smallest absolute Gasteiger partial charge is 0.335 e. The van der Waals surface area contributed by atoms with Gasteiger partial charge in [0.15, 0.2) is 6.10 Å². The SMILES string of the molecule is CC(C)[C@@]12C[C@@H](OC(=O)C3CCCO3)C(C)(O1)[C@@H]1CC[C@@H](C)[C@H]1[C@@H]2OC(=O)C=Cc1ccccc1. The summed E-state index contributed by atoms with van der Waals surface area (Å²) in [7, 11) is 0. The molecule has 4 fully saturated rings. The van der Waals surface area contributed by atoms with Crippen molar-refractivity contribution in [2.24, 2.45) is 23.7 Å². The van der Waals surface area contributed by atoms with Gasteiger partial charge < -0.3 is 18.9 Å². The minimum atomic E-state index is -0.702. The number of benzene rings is 1. The summed E-state index contributed by atoms with van der Waals surface area (Å²) in [6.07, 6.45) is 6.16. The first kappa shape index (κ1) is 24.5. The number of carbonyl (C=O) groups is 2. The molecule has 1 saturated carbocycles. The second-order valence-electron chi connectivity index (χ2n) is 11.4. The molecule has 1 aromatic carbocycles. The van der Waals surface area contributed by atoms with E-state index >= 15 is 0 Å². The van der Waals surface area contributed by atoms with E-state index in [2.05, 4.69) is 27.7 Å². The molecule has 0 radical (unpaired) electrons. The van der Waals surface area contributed by atoms with Crippen molar-refractivity contribution in [1.29, 1.82) is 0 Å². The first-order valence-electron chi connectivity index (χ1n) is 13.2. The lowest BCUT2D eigenvalue weighted by atomic mass is 9.69. The molecule has 0 spiro atoms. The molecule has 6 nitrogen and oxygen atoms in total. The summed E-state index contributed by atoms with van der Waals surface area (Å²) in [6, 6.07) is 9.73. The van der Waals surface area contributed by atoms with E-state index in [1.807, 2.05) is 30.3 Å². The van der Waals surface area contributed by atoms with Crippen LogP contribution in [0.4, 0.5) is 0 Å². The van der Waals surface area contributed by atoms with Crippen LogP contribution in [0.15, 0.2) is 36.4 Å². The number of hydrogen-bond acceptors (Lipinski definition) is 6. The van der Waals surface area contributed by atoms with Crippen molar-refractivity contribution >= 4 is 18.0 Å². The van der Waals surface area contributed by atoms with Gasteiger partial charge >= 0.3 is 11.9 Å². The number of esters is 2. The fraction of sp³-hybridized carbons (Fsp3) is 0.655. The third-order valence-corrected chi connectivity index (χ3v) is 9.06. The van der Waals surface area contributed by atoms with Gasteiger partial charge in [0.1, 0.15) is 23.4 Å². The van der Waals surface area contributed by atoms with Crippen molar-refractivity contribution in [3.63, 3.8) is 0 Å². The van der Waals surface area contributed by atoms with Gasteiger partial charge in [-0.15, -0.1) is 0 Å². The van der Waals surface area contributed by atoms with E-state index in [0.29, 0.717) is 25.4 Å². The van der Waals surface area contributed by atoms with Gasteiger partial charge in [-0.25, -0.2) is 9.59 Å². The lowest BCUT2D eigenvalue weighted by Gasteiger charge is -2.52. The summed E-state index contributed by atoms with van der Waals surface area (Å²) < 4.78 is 24.9. The van der Waals surface area contributed by atoms with Crippen LogP contribution < -0.4 is 0 Å². The van der Waals surface area contributed by atoms with Crippen LogP contribution in [0, 0.1) is 23.7 Å². The first-order chi connectivity index (χ1) is 16.7. The molecule has 3 aliphatic heterocycles. The minimum absolute atomic E-state index is 0.0814. The van der Waals surface area contributed by atoms with Crippen LogP contribution in [0.5, 0.6) is 0 Å². The molecule has 0 amide bonds. The Morgan fingerprint density at radius 1 is 1.11 bits per heavy atom. The third kappa shape index (κ3) is 4.23. The highest BCUT2D eigenvalue weighted by molar-refractivity contribution is 5.87. The van der Waals surface area contributed by atoms with Gasteiger partial charge in [0.25, 0.3) is 0 Å². The Balaban J connectivity index is 1.43. The van der Waals surface area contributed by atoms with Crippen molar-refractivity contribution in [3.05, 3.63) is 42.0 Å². The third-order valence-electron chi connectivity index (χ3n) is 9.06. The number of rotatable bonds is 6. The van der Waals surface area contributed by atoms with Crippen LogP contribution in [0.2, 0.25) is 0 Å². The fourth-order valence-electron chi connectivity index (χ4n) is 7.12. The topological polar surface area (TPSA) is 71.1 Å². The molecule has 8 atom stereocenters. The molecule has 2 bridgehead atoms. The number of hydrogen-bond donors (Lipinski definition) is 0. The Hall–Kier alpha value is -2.18. The molecule has 1 aromatic rings. The molecule has 2 unspecified atom stereocenters. The van der Waals surface area contributed by atoms with E-state index in [-0.39, 0.29) is 35.8 Å². The predicted octanol–water partition coefficient (Wildman–Crippen LogP) is 4.95. The molecule has 1 aliphatic carbocycles. The van der Waals surface area contributed by atoms with Gasteiger partial charge in [-0.2, -0.15) is 0 Å². The molecule has 190 valence electrons. The van der Waals surface area contributed by atoms with Gasteiger partial charge in [0, 0.05) is 25.0 Å². The highest BCUT2D eigenvalue weighted by Crippen LogP contribution is 2.63. The molecular formula is C29H38O6. The summed E-state index contributed by atoms with van der Waals surface area (Å²) in [5.74, 6) is 0.152. The average molecular weight is 483 g/mol.